The number of nitrogens with one attached hydrogen (secondary N) is 1. The van der Waals surface area contributed by atoms with Crippen molar-refractivity contribution in [2.75, 3.05) is 5.32 Å². The summed E-state index contributed by atoms with van der Waals surface area (Å²) in [4.78, 5) is 16.8. The quantitative estimate of drug-likeness (QED) is 0.770. The molecule has 0 radical (unpaired) electrons. The Morgan fingerprint density at radius 3 is 2.72 bits per heavy atom. The molecule has 0 spiro atoms. The van der Waals surface area contributed by atoms with E-state index in [9.17, 15) is 4.79 Å². The van der Waals surface area contributed by atoms with Crippen molar-refractivity contribution in [3.05, 3.63) is 48.3 Å². The summed E-state index contributed by atoms with van der Waals surface area (Å²) >= 11 is 0. The molecule has 0 aliphatic rings. The van der Waals surface area contributed by atoms with Gasteiger partial charge in [0.05, 0.1) is 18.1 Å². The van der Waals surface area contributed by atoms with Crippen LogP contribution in [0.1, 0.15) is 32.4 Å². The van der Waals surface area contributed by atoms with Gasteiger partial charge in [-0.2, -0.15) is 5.10 Å². The first-order valence-electron chi connectivity index (χ1n) is 8.31. The van der Waals surface area contributed by atoms with Crippen LogP contribution in [-0.2, 0) is 4.79 Å². The zero-order valence-corrected chi connectivity index (χ0v) is 14.9. The molecule has 2 aromatic heterocycles. The maximum absolute atomic E-state index is 12.4. The van der Waals surface area contributed by atoms with Crippen molar-refractivity contribution in [1.29, 1.82) is 0 Å². The minimum Gasteiger partial charge on any atom is -0.481 e. The molecule has 0 aliphatic heterocycles. The molecule has 1 unspecified atom stereocenters. The van der Waals surface area contributed by atoms with Gasteiger partial charge < -0.3 is 10.1 Å². The largest absolute Gasteiger partial charge is 0.481 e. The average molecular weight is 338 g/mol. The Balaban J connectivity index is 1.70. The Hall–Kier alpha value is -2.89. The van der Waals surface area contributed by atoms with E-state index in [1.807, 2.05) is 55.8 Å². The van der Waals surface area contributed by atoms with E-state index in [0.29, 0.717) is 11.4 Å². The highest BCUT2D eigenvalue weighted by Gasteiger charge is 2.16. The maximum Gasteiger partial charge on any atom is 0.265 e. The molecule has 3 aromatic rings. The molecule has 1 atom stereocenters. The Bertz CT molecular complexity index is 901. The van der Waals surface area contributed by atoms with E-state index < -0.39 is 6.10 Å². The summed E-state index contributed by atoms with van der Waals surface area (Å²) < 4.78 is 7.55. The smallest absolute Gasteiger partial charge is 0.265 e. The molecule has 3 rings (SSSR count). The fourth-order valence-corrected chi connectivity index (χ4v) is 2.58. The number of aryl methyl sites for hydroxylation is 1. The van der Waals surface area contributed by atoms with Gasteiger partial charge in [0, 0.05) is 11.4 Å². The van der Waals surface area contributed by atoms with E-state index in [1.165, 1.54) is 0 Å². The zero-order valence-electron chi connectivity index (χ0n) is 14.9. The third kappa shape index (κ3) is 3.79. The van der Waals surface area contributed by atoms with E-state index in [4.69, 9.17) is 4.74 Å². The SMILES string of the molecule is Cc1cccc(OC(C)C(=O)Nc2cnc3c(cnn3C(C)C)c2)c1. The number of rotatable bonds is 5. The lowest BCUT2D eigenvalue weighted by Gasteiger charge is -2.15. The van der Waals surface area contributed by atoms with Crippen LogP contribution in [0.5, 0.6) is 5.75 Å². The highest BCUT2D eigenvalue weighted by atomic mass is 16.5. The van der Waals surface area contributed by atoms with Gasteiger partial charge in [-0.15, -0.1) is 0 Å². The number of amides is 1. The summed E-state index contributed by atoms with van der Waals surface area (Å²) in [6.07, 6.45) is 2.78. The summed E-state index contributed by atoms with van der Waals surface area (Å²) in [6, 6.07) is 9.72. The minimum atomic E-state index is -0.615. The predicted octanol–water partition coefficient (Wildman–Crippen LogP) is 3.73. The first-order valence-corrected chi connectivity index (χ1v) is 8.31. The second-order valence-corrected chi connectivity index (χ2v) is 6.39. The number of aromatic nitrogens is 3. The van der Waals surface area contributed by atoms with Crippen molar-refractivity contribution in [2.45, 2.75) is 39.8 Å². The first kappa shape index (κ1) is 17.0. The van der Waals surface area contributed by atoms with Gasteiger partial charge in [-0.3, -0.25) is 4.79 Å². The van der Waals surface area contributed by atoms with Gasteiger partial charge in [-0.05, 0) is 51.5 Å². The summed E-state index contributed by atoms with van der Waals surface area (Å²) in [5.74, 6) is 0.452. The molecular weight excluding hydrogens is 316 g/mol. The van der Waals surface area contributed by atoms with Crippen molar-refractivity contribution in [2.24, 2.45) is 0 Å². The van der Waals surface area contributed by atoms with Crippen LogP contribution in [0.25, 0.3) is 11.0 Å². The number of anilines is 1. The van der Waals surface area contributed by atoms with Crippen molar-refractivity contribution in [3.63, 3.8) is 0 Å². The van der Waals surface area contributed by atoms with Gasteiger partial charge >= 0.3 is 0 Å². The molecule has 6 nitrogen and oxygen atoms in total. The molecule has 1 aromatic carbocycles. The predicted molar refractivity (Wildman–Crippen MR) is 97.8 cm³/mol. The third-order valence-electron chi connectivity index (χ3n) is 3.86. The van der Waals surface area contributed by atoms with Crippen molar-refractivity contribution < 1.29 is 9.53 Å². The highest BCUT2D eigenvalue weighted by Crippen LogP contribution is 2.20. The lowest BCUT2D eigenvalue weighted by Crippen LogP contribution is -2.30. The average Bonchev–Trinajstić information content (AvgIpc) is 2.98. The Morgan fingerprint density at radius 2 is 2.00 bits per heavy atom. The fraction of sp³-hybridized carbons (Fsp3) is 0.316. The Kier molecular flexibility index (Phi) is 4.70. The van der Waals surface area contributed by atoms with Crippen LogP contribution in [0.2, 0.25) is 0 Å². The van der Waals surface area contributed by atoms with Crippen LogP contribution >= 0.6 is 0 Å². The number of nitrogens with zero attached hydrogens (tertiary/aromatic N) is 3. The summed E-state index contributed by atoms with van der Waals surface area (Å²) in [5.41, 5.74) is 2.51. The van der Waals surface area contributed by atoms with E-state index in [-0.39, 0.29) is 11.9 Å². The normalized spacial score (nSPS) is 12.4. The second-order valence-electron chi connectivity index (χ2n) is 6.39. The lowest BCUT2D eigenvalue weighted by atomic mass is 10.2. The molecule has 2 heterocycles. The van der Waals surface area contributed by atoms with Gasteiger partial charge in [-0.25, -0.2) is 9.67 Å². The fourth-order valence-electron chi connectivity index (χ4n) is 2.58. The number of benzene rings is 1. The van der Waals surface area contributed by atoms with Gasteiger partial charge in [0.15, 0.2) is 11.8 Å². The van der Waals surface area contributed by atoms with Gasteiger partial charge in [0.25, 0.3) is 5.91 Å². The van der Waals surface area contributed by atoms with Crippen molar-refractivity contribution in [1.82, 2.24) is 14.8 Å². The summed E-state index contributed by atoms with van der Waals surface area (Å²) in [5, 5.41) is 8.06. The molecule has 130 valence electrons. The topological polar surface area (TPSA) is 69.0 Å². The van der Waals surface area contributed by atoms with Crippen LogP contribution in [0.3, 0.4) is 0 Å². The van der Waals surface area contributed by atoms with Crippen LogP contribution in [-0.4, -0.2) is 26.8 Å². The van der Waals surface area contributed by atoms with Gasteiger partial charge in [-0.1, -0.05) is 12.1 Å². The van der Waals surface area contributed by atoms with Crippen LogP contribution in [0, 0.1) is 6.92 Å². The Labute approximate surface area is 146 Å². The van der Waals surface area contributed by atoms with Gasteiger partial charge in [0.1, 0.15) is 5.75 Å². The first-order chi connectivity index (χ1) is 11.9. The van der Waals surface area contributed by atoms with Crippen LogP contribution in [0.15, 0.2) is 42.7 Å². The third-order valence-corrected chi connectivity index (χ3v) is 3.86. The second kappa shape index (κ2) is 6.93. The number of hydrogen-bond donors (Lipinski definition) is 1. The number of carbonyl (C=O) groups is 1. The Morgan fingerprint density at radius 1 is 1.20 bits per heavy atom. The number of carbonyl (C=O) groups excluding carboxylic acids is 1. The van der Waals surface area contributed by atoms with Crippen LogP contribution < -0.4 is 10.1 Å². The van der Waals surface area contributed by atoms with E-state index in [0.717, 1.165) is 16.6 Å². The molecule has 0 saturated carbocycles. The number of fused-ring (bicyclic) bond motifs is 1. The highest BCUT2D eigenvalue weighted by molar-refractivity contribution is 5.95. The maximum atomic E-state index is 12.4. The molecule has 0 saturated heterocycles. The summed E-state index contributed by atoms with van der Waals surface area (Å²) in [6.45, 7) is 7.80. The number of hydrogen-bond acceptors (Lipinski definition) is 4. The van der Waals surface area contributed by atoms with E-state index in [2.05, 4.69) is 15.4 Å². The molecule has 25 heavy (non-hydrogen) atoms. The van der Waals surface area contributed by atoms with Crippen LogP contribution in [0.4, 0.5) is 5.69 Å². The summed E-state index contributed by atoms with van der Waals surface area (Å²) in [7, 11) is 0. The zero-order chi connectivity index (χ0) is 18.0. The molecule has 6 heteroatoms. The minimum absolute atomic E-state index is 0.223. The molecule has 1 N–H and O–H groups in total. The number of pyridine rings is 1. The molecular formula is C19H22N4O2. The standard InChI is InChI=1S/C19H22N4O2/c1-12(2)23-18-15(10-21-23)9-16(11-20-18)22-19(24)14(4)25-17-7-5-6-13(3)8-17/h5-12,14H,1-4H3,(H,22,24). The number of ether oxygens (including phenoxy) is 1. The van der Waals surface area contributed by atoms with Crippen molar-refractivity contribution >= 4 is 22.6 Å². The molecule has 0 bridgehead atoms. The molecule has 0 aliphatic carbocycles. The monoisotopic (exact) mass is 338 g/mol. The van der Waals surface area contributed by atoms with E-state index in [1.54, 1.807) is 19.3 Å². The molecule has 1 amide bonds. The van der Waals surface area contributed by atoms with E-state index >= 15 is 0 Å². The lowest BCUT2D eigenvalue weighted by molar-refractivity contribution is -0.122. The van der Waals surface area contributed by atoms with Crippen molar-refractivity contribution in [3.8, 4) is 5.75 Å². The van der Waals surface area contributed by atoms with Gasteiger partial charge in [0.2, 0.25) is 0 Å². The molecule has 0 fully saturated rings.